The van der Waals surface area contributed by atoms with Gasteiger partial charge >= 0.3 is 0 Å². The average molecular weight is 319 g/mol. The van der Waals surface area contributed by atoms with Crippen molar-refractivity contribution in [1.82, 2.24) is 5.32 Å². The number of aliphatic imine (C=N–C) groups is 1. The predicted octanol–water partition coefficient (Wildman–Crippen LogP) is 2.31. The van der Waals surface area contributed by atoms with Crippen LogP contribution in [0.2, 0.25) is 0 Å². The molecule has 0 saturated heterocycles. The zero-order valence-corrected chi connectivity index (χ0v) is 13.2. The van der Waals surface area contributed by atoms with Crippen molar-refractivity contribution in [2.45, 2.75) is 6.92 Å². The molecule has 6 nitrogen and oxygen atoms in total. The van der Waals surface area contributed by atoms with Crippen LogP contribution in [0.15, 0.2) is 70.4 Å². The number of amides is 1. The maximum atomic E-state index is 12.0. The number of hydrogen-bond donors (Lipinski definition) is 3. The molecule has 3 rings (SSSR count). The normalized spacial score (nSPS) is 16.0. The van der Waals surface area contributed by atoms with Gasteiger partial charge in [-0.3, -0.25) is 10.1 Å². The van der Waals surface area contributed by atoms with E-state index in [1.54, 1.807) is 6.08 Å². The van der Waals surface area contributed by atoms with E-state index < -0.39 is 0 Å². The molecule has 6 heteroatoms. The fraction of sp³-hybridized carbons (Fsp3) is 0.0556. The highest BCUT2D eigenvalue weighted by molar-refractivity contribution is 6.17. The van der Waals surface area contributed by atoms with Crippen LogP contribution in [0, 0.1) is 0 Å². The number of nitrogens with zero attached hydrogens (tertiary/aromatic N) is 2. The SMILES string of the molecule is C/C(=N/N)c1ccc(NC2=N/C(=C\c3ccccc3)C(=O)N2)cc1. The number of benzene rings is 2. The molecule has 0 aromatic heterocycles. The largest absolute Gasteiger partial charge is 0.326 e. The lowest BCUT2D eigenvalue weighted by molar-refractivity contribution is -0.115. The molecule has 2 aromatic rings. The van der Waals surface area contributed by atoms with Crippen molar-refractivity contribution in [3.05, 3.63) is 71.4 Å². The third-order valence-corrected chi connectivity index (χ3v) is 3.56. The van der Waals surface area contributed by atoms with Gasteiger partial charge in [0.15, 0.2) is 0 Å². The summed E-state index contributed by atoms with van der Waals surface area (Å²) in [5.41, 5.74) is 3.79. The van der Waals surface area contributed by atoms with Crippen LogP contribution in [0.4, 0.5) is 5.69 Å². The van der Waals surface area contributed by atoms with Crippen molar-refractivity contribution in [3.8, 4) is 0 Å². The molecule has 120 valence electrons. The molecule has 1 heterocycles. The molecule has 0 spiro atoms. The molecule has 0 aliphatic carbocycles. The second-order valence-corrected chi connectivity index (χ2v) is 5.27. The lowest BCUT2D eigenvalue weighted by Gasteiger charge is -2.06. The summed E-state index contributed by atoms with van der Waals surface area (Å²) in [6, 6.07) is 17.1. The number of hydrogen-bond acceptors (Lipinski definition) is 5. The summed E-state index contributed by atoms with van der Waals surface area (Å²) in [5.74, 6) is 5.44. The zero-order chi connectivity index (χ0) is 16.9. The Labute approximate surface area is 139 Å². The van der Waals surface area contributed by atoms with Gasteiger partial charge in [0.05, 0.1) is 5.71 Å². The van der Waals surface area contributed by atoms with Crippen LogP contribution < -0.4 is 16.5 Å². The van der Waals surface area contributed by atoms with Crippen LogP contribution in [-0.4, -0.2) is 17.6 Å². The van der Waals surface area contributed by atoms with Crippen LogP contribution in [0.1, 0.15) is 18.1 Å². The smallest absolute Gasteiger partial charge is 0.276 e. The van der Waals surface area contributed by atoms with E-state index in [9.17, 15) is 4.79 Å². The van der Waals surface area contributed by atoms with Gasteiger partial charge in [-0.2, -0.15) is 5.10 Å². The first kappa shape index (κ1) is 15.5. The van der Waals surface area contributed by atoms with Crippen LogP contribution >= 0.6 is 0 Å². The van der Waals surface area contributed by atoms with E-state index in [0.29, 0.717) is 11.7 Å². The topological polar surface area (TPSA) is 91.9 Å². The van der Waals surface area contributed by atoms with E-state index >= 15 is 0 Å². The lowest BCUT2D eigenvalue weighted by atomic mass is 10.1. The summed E-state index contributed by atoms with van der Waals surface area (Å²) in [5, 5.41) is 9.45. The first-order valence-electron chi connectivity index (χ1n) is 7.44. The molecule has 24 heavy (non-hydrogen) atoms. The maximum absolute atomic E-state index is 12.0. The Morgan fingerprint density at radius 1 is 1.17 bits per heavy atom. The number of anilines is 1. The quantitative estimate of drug-likeness (QED) is 0.351. The molecule has 1 amide bonds. The summed E-state index contributed by atoms with van der Waals surface area (Å²) >= 11 is 0. The Hall–Kier alpha value is -3.41. The summed E-state index contributed by atoms with van der Waals surface area (Å²) < 4.78 is 0. The van der Waals surface area contributed by atoms with Gasteiger partial charge in [-0.1, -0.05) is 42.5 Å². The minimum atomic E-state index is -0.232. The van der Waals surface area contributed by atoms with Crippen molar-refractivity contribution in [2.75, 3.05) is 5.32 Å². The molecular formula is C18H17N5O. The molecule has 1 aliphatic heterocycles. The number of hydrazone groups is 1. The average Bonchev–Trinajstić information content (AvgIpc) is 2.95. The highest BCUT2D eigenvalue weighted by Gasteiger charge is 2.19. The number of guanidine groups is 1. The Balaban J connectivity index is 1.75. The number of carbonyl (C=O) groups excluding carboxylic acids is 1. The fourth-order valence-corrected chi connectivity index (χ4v) is 2.24. The van der Waals surface area contributed by atoms with Crippen molar-refractivity contribution in [2.24, 2.45) is 15.9 Å². The molecule has 2 aromatic carbocycles. The van der Waals surface area contributed by atoms with Gasteiger partial charge in [0.2, 0.25) is 5.96 Å². The molecule has 0 saturated carbocycles. The molecule has 0 fully saturated rings. The fourth-order valence-electron chi connectivity index (χ4n) is 2.24. The third-order valence-electron chi connectivity index (χ3n) is 3.56. The minimum absolute atomic E-state index is 0.232. The summed E-state index contributed by atoms with van der Waals surface area (Å²) in [6.45, 7) is 1.84. The number of nitrogens with two attached hydrogens (primary N) is 1. The minimum Gasteiger partial charge on any atom is -0.326 e. The Bertz CT molecular complexity index is 835. The van der Waals surface area contributed by atoms with E-state index in [4.69, 9.17) is 5.84 Å². The van der Waals surface area contributed by atoms with Crippen LogP contribution in [0.25, 0.3) is 6.08 Å². The third kappa shape index (κ3) is 3.49. The Morgan fingerprint density at radius 3 is 2.54 bits per heavy atom. The predicted molar refractivity (Wildman–Crippen MR) is 96.5 cm³/mol. The van der Waals surface area contributed by atoms with Gasteiger partial charge in [-0.05, 0) is 36.3 Å². The molecule has 0 atom stereocenters. The van der Waals surface area contributed by atoms with Gasteiger partial charge in [0, 0.05) is 5.69 Å². The molecule has 0 bridgehead atoms. The van der Waals surface area contributed by atoms with Crippen LogP contribution in [0.5, 0.6) is 0 Å². The van der Waals surface area contributed by atoms with E-state index in [0.717, 1.165) is 22.5 Å². The van der Waals surface area contributed by atoms with Gasteiger partial charge in [-0.15, -0.1) is 0 Å². The van der Waals surface area contributed by atoms with Gasteiger partial charge in [-0.25, -0.2) is 4.99 Å². The Morgan fingerprint density at radius 2 is 1.88 bits per heavy atom. The van der Waals surface area contributed by atoms with Crippen LogP contribution in [0.3, 0.4) is 0 Å². The number of rotatable bonds is 3. The van der Waals surface area contributed by atoms with Gasteiger partial charge in [0.25, 0.3) is 5.91 Å². The van der Waals surface area contributed by atoms with Crippen molar-refractivity contribution in [1.29, 1.82) is 0 Å². The van der Waals surface area contributed by atoms with Crippen molar-refractivity contribution >= 4 is 29.3 Å². The Kier molecular flexibility index (Phi) is 4.38. The first-order valence-corrected chi connectivity index (χ1v) is 7.44. The highest BCUT2D eigenvalue weighted by Crippen LogP contribution is 2.14. The molecule has 0 unspecified atom stereocenters. The molecule has 1 aliphatic rings. The van der Waals surface area contributed by atoms with E-state index in [1.165, 1.54) is 0 Å². The van der Waals surface area contributed by atoms with E-state index in [1.807, 2.05) is 61.5 Å². The summed E-state index contributed by atoms with van der Waals surface area (Å²) in [4.78, 5) is 16.3. The van der Waals surface area contributed by atoms with E-state index in [2.05, 4.69) is 20.7 Å². The second kappa shape index (κ2) is 6.78. The maximum Gasteiger partial charge on any atom is 0.276 e. The van der Waals surface area contributed by atoms with Crippen molar-refractivity contribution in [3.63, 3.8) is 0 Å². The molecule has 0 radical (unpaired) electrons. The van der Waals surface area contributed by atoms with E-state index in [-0.39, 0.29) is 5.91 Å². The summed E-state index contributed by atoms with van der Waals surface area (Å²) in [6.07, 6.45) is 1.74. The standard InChI is InChI=1S/C18H17N5O/c1-12(23-19)14-7-9-15(10-8-14)20-18-21-16(17(24)22-18)11-13-5-3-2-4-6-13/h2-11H,19H2,1H3,(H2,20,21,22,24)/b16-11-,23-12-. The molecular weight excluding hydrogens is 302 g/mol. The van der Waals surface area contributed by atoms with Crippen molar-refractivity contribution < 1.29 is 4.79 Å². The van der Waals surface area contributed by atoms with Gasteiger partial charge in [0.1, 0.15) is 5.70 Å². The lowest BCUT2D eigenvalue weighted by Crippen LogP contribution is -2.29. The second-order valence-electron chi connectivity index (χ2n) is 5.27. The number of nitrogens with one attached hydrogen (secondary N) is 2. The summed E-state index contributed by atoms with van der Waals surface area (Å²) in [7, 11) is 0. The highest BCUT2D eigenvalue weighted by atomic mass is 16.2. The molecule has 4 N–H and O–H groups in total. The zero-order valence-electron chi connectivity index (χ0n) is 13.2. The number of carbonyl (C=O) groups is 1. The van der Waals surface area contributed by atoms with Crippen LogP contribution in [-0.2, 0) is 4.79 Å². The first-order chi connectivity index (χ1) is 11.7. The van der Waals surface area contributed by atoms with Gasteiger partial charge < -0.3 is 11.2 Å². The monoisotopic (exact) mass is 319 g/mol.